The molecule has 0 aliphatic carbocycles. The van der Waals surface area contributed by atoms with Crippen molar-refractivity contribution in [2.45, 2.75) is 6.42 Å². The highest BCUT2D eigenvalue weighted by atomic mass is 16.6. The fourth-order valence-electron chi connectivity index (χ4n) is 2.37. The molecule has 2 amide bonds. The van der Waals surface area contributed by atoms with E-state index in [-0.39, 0.29) is 23.6 Å². The van der Waals surface area contributed by atoms with Crippen molar-refractivity contribution in [3.63, 3.8) is 0 Å². The van der Waals surface area contributed by atoms with Gasteiger partial charge >= 0.3 is 5.69 Å². The van der Waals surface area contributed by atoms with Crippen molar-refractivity contribution >= 4 is 29.1 Å². The summed E-state index contributed by atoms with van der Waals surface area (Å²) in [6.07, 6.45) is 3.94. The molecule has 2 heterocycles. The highest BCUT2D eigenvalue weighted by Crippen LogP contribution is 2.27. The Bertz CT molecular complexity index is 1050. The number of hydrazine groups is 2. The van der Waals surface area contributed by atoms with E-state index in [4.69, 9.17) is 0 Å². The van der Waals surface area contributed by atoms with Gasteiger partial charge < -0.3 is 0 Å². The van der Waals surface area contributed by atoms with Crippen molar-refractivity contribution in [3.05, 3.63) is 82.4 Å². The van der Waals surface area contributed by atoms with Crippen LogP contribution in [0.2, 0.25) is 0 Å². The molecule has 0 fully saturated rings. The van der Waals surface area contributed by atoms with Crippen LogP contribution in [0.1, 0.15) is 15.9 Å². The predicted molar refractivity (Wildman–Crippen MR) is 106 cm³/mol. The van der Waals surface area contributed by atoms with Gasteiger partial charge in [-0.2, -0.15) is 0 Å². The van der Waals surface area contributed by atoms with Gasteiger partial charge in [-0.15, -0.1) is 0 Å². The van der Waals surface area contributed by atoms with E-state index in [0.29, 0.717) is 0 Å². The van der Waals surface area contributed by atoms with Gasteiger partial charge in [0.25, 0.3) is 5.91 Å². The SMILES string of the molecule is O=C(Cc1ccccc1)NNc1ncnc(NNC(=O)c2cccnc2)c1[N+](=O)[O-]. The minimum Gasteiger partial charge on any atom is -0.276 e. The fraction of sp³-hybridized carbons (Fsp3) is 0.0556. The number of amides is 2. The standard InChI is InChI=1S/C18H16N8O4/c27-14(9-12-5-2-1-3-6-12)22-23-16-15(26(29)30)17(21-11-20-16)24-25-18(28)13-7-4-8-19-10-13/h1-8,10-11H,9H2,(H,22,27)(H,25,28)(H2,20,21,23,24). The molecular weight excluding hydrogens is 392 g/mol. The normalized spacial score (nSPS) is 10.0. The van der Waals surface area contributed by atoms with E-state index in [2.05, 4.69) is 36.7 Å². The zero-order chi connectivity index (χ0) is 21.3. The fourth-order valence-corrected chi connectivity index (χ4v) is 2.37. The summed E-state index contributed by atoms with van der Waals surface area (Å²) < 4.78 is 0. The molecule has 3 rings (SSSR count). The zero-order valence-corrected chi connectivity index (χ0v) is 15.4. The van der Waals surface area contributed by atoms with Gasteiger partial charge in [-0.05, 0) is 17.7 Å². The average molecular weight is 408 g/mol. The molecule has 30 heavy (non-hydrogen) atoms. The van der Waals surface area contributed by atoms with E-state index >= 15 is 0 Å². The van der Waals surface area contributed by atoms with Crippen LogP contribution in [-0.2, 0) is 11.2 Å². The molecule has 0 bridgehead atoms. The second-order valence-corrected chi connectivity index (χ2v) is 5.83. The molecule has 0 spiro atoms. The summed E-state index contributed by atoms with van der Waals surface area (Å²) in [5.74, 6) is -1.52. The Balaban J connectivity index is 1.67. The van der Waals surface area contributed by atoms with Crippen LogP contribution in [0.4, 0.5) is 17.3 Å². The highest BCUT2D eigenvalue weighted by Gasteiger charge is 2.24. The lowest BCUT2D eigenvalue weighted by Gasteiger charge is -2.11. The first-order valence-electron chi connectivity index (χ1n) is 8.59. The third-order valence-corrected chi connectivity index (χ3v) is 3.75. The number of hydrogen-bond acceptors (Lipinski definition) is 9. The van der Waals surface area contributed by atoms with Crippen molar-refractivity contribution in [3.8, 4) is 0 Å². The second kappa shape index (κ2) is 9.54. The quantitative estimate of drug-likeness (QED) is 0.317. The summed E-state index contributed by atoms with van der Waals surface area (Å²) >= 11 is 0. The monoisotopic (exact) mass is 408 g/mol. The minimum atomic E-state index is -0.746. The van der Waals surface area contributed by atoms with Crippen LogP contribution in [0.5, 0.6) is 0 Å². The number of nitrogens with one attached hydrogen (secondary N) is 4. The van der Waals surface area contributed by atoms with Crippen molar-refractivity contribution in [1.29, 1.82) is 0 Å². The lowest BCUT2D eigenvalue weighted by atomic mass is 10.1. The number of rotatable bonds is 8. The Morgan fingerprint density at radius 3 is 2.30 bits per heavy atom. The molecular formula is C18H16N8O4. The number of carbonyl (C=O) groups is 2. The van der Waals surface area contributed by atoms with Crippen LogP contribution in [-0.4, -0.2) is 31.7 Å². The molecule has 1 aromatic carbocycles. The van der Waals surface area contributed by atoms with E-state index in [1.54, 1.807) is 30.3 Å². The molecule has 0 aliphatic heterocycles. The van der Waals surface area contributed by atoms with Crippen molar-refractivity contribution < 1.29 is 14.5 Å². The number of anilines is 2. The van der Waals surface area contributed by atoms with Gasteiger partial charge in [0, 0.05) is 12.4 Å². The lowest BCUT2D eigenvalue weighted by Crippen LogP contribution is -2.33. The Morgan fingerprint density at radius 1 is 0.967 bits per heavy atom. The molecule has 152 valence electrons. The van der Waals surface area contributed by atoms with Gasteiger partial charge in [0.15, 0.2) is 0 Å². The number of hydrogen-bond donors (Lipinski definition) is 4. The summed E-state index contributed by atoms with van der Waals surface area (Å²) in [7, 11) is 0. The van der Waals surface area contributed by atoms with Gasteiger partial charge in [0.2, 0.25) is 17.5 Å². The smallest absolute Gasteiger partial charge is 0.276 e. The van der Waals surface area contributed by atoms with Crippen molar-refractivity contribution in [2.24, 2.45) is 0 Å². The topological polar surface area (TPSA) is 164 Å². The molecule has 0 saturated carbocycles. The molecule has 0 atom stereocenters. The average Bonchev–Trinajstić information content (AvgIpc) is 2.77. The summed E-state index contributed by atoms with van der Waals surface area (Å²) in [4.78, 5) is 46.3. The van der Waals surface area contributed by atoms with Crippen LogP contribution in [0.25, 0.3) is 0 Å². The van der Waals surface area contributed by atoms with E-state index in [1.807, 2.05) is 6.07 Å². The molecule has 0 radical (unpaired) electrons. The maximum atomic E-state index is 12.1. The minimum absolute atomic E-state index is 0.0684. The van der Waals surface area contributed by atoms with Gasteiger partial charge in [0.1, 0.15) is 6.33 Å². The van der Waals surface area contributed by atoms with Crippen molar-refractivity contribution in [2.75, 3.05) is 10.9 Å². The number of carbonyl (C=O) groups excluding carboxylic acids is 2. The highest BCUT2D eigenvalue weighted by molar-refractivity contribution is 5.94. The van der Waals surface area contributed by atoms with Gasteiger partial charge in [-0.25, -0.2) is 9.97 Å². The Kier molecular flexibility index (Phi) is 6.41. The summed E-state index contributed by atoms with van der Waals surface area (Å²) in [5.41, 5.74) is 9.91. The maximum Gasteiger partial charge on any atom is 0.356 e. The Morgan fingerprint density at radius 2 is 1.67 bits per heavy atom. The van der Waals surface area contributed by atoms with Gasteiger partial charge in [-0.3, -0.25) is 46.4 Å². The molecule has 12 nitrogen and oxygen atoms in total. The van der Waals surface area contributed by atoms with Gasteiger partial charge in [-0.1, -0.05) is 30.3 Å². The molecule has 3 aromatic rings. The Hall–Kier alpha value is -4.61. The van der Waals surface area contributed by atoms with Gasteiger partial charge in [0.05, 0.1) is 16.9 Å². The molecule has 0 unspecified atom stereocenters. The number of aromatic nitrogens is 3. The third-order valence-electron chi connectivity index (χ3n) is 3.75. The van der Waals surface area contributed by atoms with E-state index in [0.717, 1.165) is 11.9 Å². The van der Waals surface area contributed by atoms with Crippen molar-refractivity contribution in [1.82, 2.24) is 25.8 Å². The molecule has 2 aromatic heterocycles. The van der Waals surface area contributed by atoms with Crippen LogP contribution < -0.4 is 21.7 Å². The Labute approximate surface area is 169 Å². The first-order chi connectivity index (χ1) is 14.5. The summed E-state index contributed by atoms with van der Waals surface area (Å²) in [5, 5.41) is 11.5. The first kappa shape index (κ1) is 20.1. The molecule has 0 aliphatic rings. The molecule has 0 saturated heterocycles. The number of benzene rings is 1. The molecule has 12 heteroatoms. The van der Waals surface area contributed by atoms with Crippen LogP contribution in [0.3, 0.4) is 0 Å². The number of pyridine rings is 1. The van der Waals surface area contributed by atoms with Crippen LogP contribution in [0.15, 0.2) is 61.2 Å². The molecule has 4 N–H and O–H groups in total. The van der Waals surface area contributed by atoms with E-state index in [1.165, 1.54) is 18.5 Å². The zero-order valence-electron chi connectivity index (χ0n) is 15.4. The predicted octanol–water partition coefficient (Wildman–Crippen LogP) is 1.22. The number of nitrogens with zero attached hydrogens (tertiary/aromatic N) is 4. The second-order valence-electron chi connectivity index (χ2n) is 5.83. The largest absolute Gasteiger partial charge is 0.356 e. The van der Waals surface area contributed by atoms with Crippen LogP contribution >= 0.6 is 0 Å². The lowest BCUT2D eigenvalue weighted by molar-refractivity contribution is -0.383. The van der Waals surface area contributed by atoms with E-state index < -0.39 is 22.4 Å². The summed E-state index contributed by atoms with van der Waals surface area (Å²) in [6, 6.07) is 12.1. The number of nitro groups is 1. The maximum absolute atomic E-state index is 12.1. The third kappa shape index (κ3) is 5.22. The summed E-state index contributed by atoms with van der Waals surface area (Å²) in [6.45, 7) is 0. The van der Waals surface area contributed by atoms with Crippen LogP contribution in [0, 0.1) is 10.1 Å². The van der Waals surface area contributed by atoms with E-state index in [9.17, 15) is 19.7 Å². The first-order valence-corrected chi connectivity index (χ1v) is 8.59.